The highest BCUT2D eigenvalue weighted by Gasteiger charge is 2.15. The van der Waals surface area contributed by atoms with Crippen LogP contribution in [0, 0.1) is 15.9 Å². The normalized spacial score (nSPS) is 9.76. The van der Waals surface area contributed by atoms with E-state index in [1.54, 1.807) is 0 Å². The van der Waals surface area contributed by atoms with Crippen molar-refractivity contribution in [3.63, 3.8) is 0 Å². The molecule has 1 rings (SSSR count). The third-order valence-electron chi connectivity index (χ3n) is 1.85. The Hall–Kier alpha value is -1.76. The quantitative estimate of drug-likeness (QED) is 0.685. The molecule has 1 amide bonds. The maximum Gasteiger partial charge on any atom is 0.272 e. The van der Waals surface area contributed by atoms with Gasteiger partial charge < -0.3 is 5.32 Å². The van der Waals surface area contributed by atoms with Crippen molar-refractivity contribution in [3.8, 4) is 0 Å². The average molecular weight is 303 g/mol. The van der Waals surface area contributed by atoms with E-state index in [-0.39, 0.29) is 12.1 Å². The van der Waals surface area contributed by atoms with E-state index in [0.29, 0.717) is 10.5 Å². The van der Waals surface area contributed by atoms with Crippen molar-refractivity contribution in [1.29, 1.82) is 0 Å². The largest absolute Gasteiger partial charge is 0.347 e. The van der Waals surface area contributed by atoms with Gasteiger partial charge in [-0.1, -0.05) is 22.5 Å². The molecule has 0 aromatic heterocycles. The fourth-order valence-corrected chi connectivity index (χ4v) is 1.21. The van der Waals surface area contributed by atoms with Crippen LogP contribution in [0.4, 0.5) is 10.1 Å². The van der Waals surface area contributed by atoms with Crippen LogP contribution in [0.2, 0.25) is 0 Å². The van der Waals surface area contributed by atoms with Gasteiger partial charge in [0, 0.05) is 17.1 Å². The number of rotatable bonds is 4. The monoisotopic (exact) mass is 302 g/mol. The van der Waals surface area contributed by atoms with Gasteiger partial charge in [-0.3, -0.25) is 14.9 Å². The summed E-state index contributed by atoms with van der Waals surface area (Å²) in [6.07, 6.45) is 0. The first-order chi connectivity index (χ1) is 7.91. The minimum absolute atomic E-state index is 0.148. The van der Waals surface area contributed by atoms with E-state index >= 15 is 0 Å². The SMILES string of the molecule is C=C(Br)CNC(=O)c1ccc([N+](=O)[O-])cc1F. The van der Waals surface area contributed by atoms with Crippen LogP contribution in [0.3, 0.4) is 0 Å². The number of amides is 1. The van der Waals surface area contributed by atoms with Crippen molar-refractivity contribution in [3.05, 3.63) is 50.8 Å². The smallest absolute Gasteiger partial charge is 0.272 e. The Morgan fingerprint density at radius 1 is 1.59 bits per heavy atom. The number of hydrogen-bond donors (Lipinski definition) is 1. The Balaban J connectivity index is 2.88. The predicted octanol–water partition coefficient (Wildman–Crippen LogP) is 2.37. The van der Waals surface area contributed by atoms with Gasteiger partial charge in [-0.05, 0) is 6.07 Å². The van der Waals surface area contributed by atoms with Crippen molar-refractivity contribution in [1.82, 2.24) is 5.32 Å². The van der Waals surface area contributed by atoms with Gasteiger partial charge in [0.1, 0.15) is 5.82 Å². The van der Waals surface area contributed by atoms with Crippen LogP contribution in [0.5, 0.6) is 0 Å². The van der Waals surface area contributed by atoms with Gasteiger partial charge >= 0.3 is 0 Å². The Morgan fingerprint density at radius 2 is 2.24 bits per heavy atom. The van der Waals surface area contributed by atoms with E-state index in [4.69, 9.17) is 0 Å². The molecule has 1 N–H and O–H groups in total. The van der Waals surface area contributed by atoms with E-state index < -0.39 is 22.3 Å². The number of benzene rings is 1. The fraction of sp³-hybridized carbons (Fsp3) is 0.100. The maximum absolute atomic E-state index is 13.4. The molecule has 1 aromatic rings. The lowest BCUT2D eigenvalue weighted by atomic mass is 10.2. The molecule has 0 spiro atoms. The van der Waals surface area contributed by atoms with E-state index in [2.05, 4.69) is 27.8 Å². The minimum Gasteiger partial charge on any atom is -0.347 e. The third kappa shape index (κ3) is 3.63. The van der Waals surface area contributed by atoms with E-state index in [1.165, 1.54) is 0 Å². The van der Waals surface area contributed by atoms with Gasteiger partial charge in [0.15, 0.2) is 0 Å². The van der Waals surface area contributed by atoms with Crippen LogP contribution in [0.1, 0.15) is 10.4 Å². The molecule has 0 unspecified atom stereocenters. The first kappa shape index (κ1) is 13.3. The van der Waals surface area contributed by atoms with Gasteiger partial charge in [-0.25, -0.2) is 4.39 Å². The van der Waals surface area contributed by atoms with E-state index in [0.717, 1.165) is 12.1 Å². The lowest BCUT2D eigenvalue weighted by Crippen LogP contribution is -2.25. The zero-order valence-electron chi connectivity index (χ0n) is 8.57. The van der Waals surface area contributed by atoms with E-state index in [1.807, 2.05) is 0 Å². The highest BCUT2D eigenvalue weighted by atomic mass is 79.9. The second kappa shape index (κ2) is 5.53. The van der Waals surface area contributed by atoms with Crippen LogP contribution < -0.4 is 5.32 Å². The van der Waals surface area contributed by atoms with Crippen LogP contribution in [0.25, 0.3) is 0 Å². The molecule has 0 atom stereocenters. The number of carbonyl (C=O) groups excluding carboxylic acids is 1. The van der Waals surface area contributed by atoms with Crippen molar-refractivity contribution in [2.45, 2.75) is 0 Å². The molecule has 0 saturated heterocycles. The fourth-order valence-electron chi connectivity index (χ4n) is 1.07. The summed E-state index contributed by atoms with van der Waals surface area (Å²) in [5.41, 5.74) is -0.645. The van der Waals surface area contributed by atoms with Crippen molar-refractivity contribution < 1.29 is 14.1 Å². The number of hydrogen-bond acceptors (Lipinski definition) is 3. The van der Waals surface area contributed by atoms with Gasteiger partial charge in [0.2, 0.25) is 0 Å². The Labute approximate surface area is 105 Å². The summed E-state index contributed by atoms with van der Waals surface area (Å²) in [4.78, 5) is 21.1. The molecule has 0 aliphatic carbocycles. The van der Waals surface area contributed by atoms with Gasteiger partial charge in [-0.2, -0.15) is 0 Å². The number of nitrogens with one attached hydrogen (secondary N) is 1. The number of halogens is 2. The standard InChI is InChI=1S/C10H8BrFN2O3/c1-6(11)5-13-10(15)8-3-2-7(14(16)17)4-9(8)12/h2-4H,1,5H2,(H,13,15). The van der Waals surface area contributed by atoms with Gasteiger partial charge in [0.05, 0.1) is 16.6 Å². The third-order valence-corrected chi connectivity index (χ3v) is 2.13. The topological polar surface area (TPSA) is 72.2 Å². The Morgan fingerprint density at radius 3 is 2.71 bits per heavy atom. The predicted molar refractivity (Wildman–Crippen MR) is 63.5 cm³/mol. The minimum atomic E-state index is -0.933. The summed E-state index contributed by atoms with van der Waals surface area (Å²) < 4.78 is 13.9. The zero-order valence-corrected chi connectivity index (χ0v) is 10.2. The number of nitro groups is 1. The summed E-state index contributed by atoms with van der Waals surface area (Å²) in [6, 6.07) is 2.85. The average Bonchev–Trinajstić information content (AvgIpc) is 2.25. The summed E-state index contributed by atoms with van der Waals surface area (Å²) in [5.74, 6) is -1.59. The second-order valence-electron chi connectivity index (χ2n) is 3.12. The highest BCUT2D eigenvalue weighted by Crippen LogP contribution is 2.16. The summed E-state index contributed by atoms with van der Waals surface area (Å²) in [6.45, 7) is 3.65. The van der Waals surface area contributed by atoms with Gasteiger partial charge in [0.25, 0.3) is 11.6 Å². The zero-order chi connectivity index (χ0) is 13.0. The molecule has 1 aromatic carbocycles. The molecule has 17 heavy (non-hydrogen) atoms. The van der Waals surface area contributed by atoms with Crippen molar-refractivity contribution in [2.75, 3.05) is 6.54 Å². The molecule has 7 heteroatoms. The molecule has 0 saturated carbocycles. The Bertz CT molecular complexity index is 490. The molecule has 0 bridgehead atoms. The summed E-state index contributed by atoms with van der Waals surface area (Å²) in [5, 5.41) is 12.8. The van der Waals surface area contributed by atoms with Gasteiger partial charge in [-0.15, -0.1) is 0 Å². The molecule has 0 radical (unpaired) electrons. The van der Waals surface area contributed by atoms with Crippen LogP contribution >= 0.6 is 15.9 Å². The van der Waals surface area contributed by atoms with Crippen molar-refractivity contribution in [2.24, 2.45) is 0 Å². The Kier molecular flexibility index (Phi) is 4.33. The molecule has 90 valence electrons. The number of nitro benzene ring substituents is 1. The lowest BCUT2D eigenvalue weighted by Gasteiger charge is -2.04. The lowest BCUT2D eigenvalue weighted by molar-refractivity contribution is -0.385. The number of carbonyl (C=O) groups is 1. The first-order valence-corrected chi connectivity index (χ1v) is 5.26. The van der Waals surface area contributed by atoms with Crippen LogP contribution in [0.15, 0.2) is 29.3 Å². The summed E-state index contributed by atoms with van der Waals surface area (Å²) in [7, 11) is 0. The van der Waals surface area contributed by atoms with E-state index in [9.17, 15) is 19.3 Å². The molecule has 0 aliphatic rings. The van der Waals surface area contributed by atoms with Crippen molar-refractivity contribution >= 4 is 27.5 Å². The first-order valence-electron chi connectivity index (χ1n) is 4.47. The molecule has 0 aliphatic heterocycles. The molecule has 5 nitrogen and oxygen atoms in total. The molecular formula is C10H8BrFN2O3. The maximum atomic E-state index is 13.4. The second-order valence-corrected chi connectivity index (χ2v) is 4.24. The highest BCUT2D eigenvalue weighted by molar-refractivity contribution is 9.11. The van der Waals surface area contributed by atoms with Crippen LogP contribution in [-0.4, -0.2) is 17.4 Å². The number of non-ortho nitro benzene ring substituents is 1. The molecule has 0 fully saturated rings. The number of nitrogens with zero attached hydrogens (tertiary/aromatic N) is 1. The summed E-state index contributed by atoms with van der Waals surface area (Å²) >= 11 is 3.03. The van der Waals surface area contributed by atoms with Crippen LogP contribution in [-0.2, 0) is 0 Å². The molecular weight excluding hydrogens is 295 g/mol. The molecule has 0 heterocycles.